The van der Waals surface area contributed by atoms with Crippen LogP contribution in [0.3, 0.4) is 0 Å². The minimum Gasteiger partial charge on any atom is -0.287 e. The molecule has 0 aromatic rings. The lowest BCUT2D eigenvalue weighted by Gasteiger charge is -2.23. The predicted molar refractivity (Wildman–Crippen MR) is 56.9 cm³/mol. The van der Waals surface area contributed by atoms with Crippen LogP contribution in [0.15, 0.2) is 20.1 Å². The number of alkyl halides is 2. The highest BCUT2D eigenvalue weighted by atomic mass is 35.5. The van der Waals surface area contributed by atoms with Gasteiger partial charge in [-0.2, -0.15) is 0 Å². The van der Waals surface area contributed by atoms with E-state index in [-0.39, 0.29) is 20.1 Å². The van der Waals surface area contributed by atoms with Crippen LogP contribution in [0.1, 0.15) is 0 Å². The third-order valence-electron chi connectivity index (χ3n) is 1.34. The molecule has 0 bridgehead atoms. The van der Waals surface area contributed by atoms with Crippen molar-refractivity contribution in [3.8, 4) is 0 Å². The molecule has 0 radical (unpaired) electrons. The van der Waals surface area contributed by atoms with E-state index in [0.717, 1.165) is 0 Å². The fourth-order valence-electron chi connectivity index (χ4n) is 0.668. The normalized spacial score (nSPS) is 22.8. The smallest absolute Gasteiger partial charge is 0.218 e. The lowest BCUT2D eigenvalue weighted by atomic mass is 10.1. The van der Waals surface area contributed by atoms with Crippen LogP contribution in [-0.2, 0) is 4.79 Å². The Hall–Kier alpha value is 0.890. The van der Waals surface area contributed by atoms with Gasteiger partial charge >= 0.3 is 0 Å². The number of halogens is 6. The number of Topliss-reactive ketones (excluding diaryl/α,β-unsaturated/α-hetero) is 1. The molecule has 0 heterocycles. The molecule has 0 saturated heterocycles. The van der Waals surface area contributed by atoms with Crippen molar-refractivity contribution in [1.29, 1.82) is 0 Å². The van der Waals surface area contributed by atoms with Crippen molar-refractivity contribution in [2.24, 2.45) is 0 Å². The fourth-order valence-corrected chi connectivity index (χ4v) is 2.17. The molecule has 7 heteroatoms. The highest BCUT2D eigenvalue weighted by molar-refractivity contribution is 6.70. The Kier molecular flexibility index (Phi) is 3.50. The summed E-state index contributed by atoms with van der Waals surface area (Å²) in [6.45, 7) is 0. The van der Waals surface area contributed by atoms with Gasteiger partial charge in [0.15, 0.2) is 4.33 Å². The van der Waals surface area contributed by atoms with E-state index in [1.807, 2.05) is 0 Å². The molecule has 0 aliphatic heterocycles. The van der Waals surface area contributed by atoms with Crippen LogP contribution in [-0.4, -0.2) is 10.1 Å². The molecule has 1 aliphatic carbocycles. The number of hydrogen-bond donors (Lipinski definition) is 0. The molecule has 0 aromatic carbocycles. The van der Waals surface area contributed by atoms with E-state index in [0.29, 0.717) is 0 Å². The maximum absolute atomic E-state index is 11.2. The molecular formula is C6Cl6O. The van der Waals surface area contributed by atoms with Crippen LogP contribution < -0.4 is 0 Å². The SMILES string of the molecule is O=C1C(Cl)=C(Cl)C(Cl)(Cl)C(Cl)=C1Cl. The standard InChI is InChI=1S/C6Cl6O/c7-1-3(13)2(8)5(10)6(11,12)4(1)9. The summed E-state index contributed by atoms with van der Waals surface area (Å²) in [5, 5.41) is -1.11. The summed E-state index contributed by atoms with van der Waals surface area (Å²) in [7, 11) is 0. The van der Waals surface area contributed by atoms with Crippen LogP contribution in [0.4, 0.5) is 0 Å². The maximum atomic E-state index is 11.2. The Balaban J connectivity index is 3.39. The van der Waals surface area contributed by atoms with E-state index in [1.54, 1.807) is 0 Å². The fraction of sp³-hybridized carbons (Fsp3) is 0.167. The number of carbonyl (C=O) groups excluding carboxylic acids is 1. The first kappa shape index (κ1) is 12.0. The topological polar surface area (TPSA) is 17.1 Å². The van der Waals surface area contributed by atoms with Gasteiger partial charge in [0.1, 0.15) is 10.1 Å². The van der Waals surface area contributed by atoms with Crippen LogP contribution in [0.2, 0.25) is 0 Å². The Morgan fingerprint density at radius 2 is 1.15 bits per heavy atom. The quantitative estimate of drug-likeness (QED) is 0.615. The molecule has 0 aromatic heterocycles. The molecule has 0 fully saturated rings. The predicted octanol–water partition coefficient (Wildman–Crippen LogP) is 4.12. The molecule has 72 valence electrons. The first-order valence-corrected chi connectivity index (χ1v) is 5.11. The Morgan fingerprint density at radius 3 is 1.46 bits per heavy atom. The molecule has 0 spiro atoms. The summed E-state index contributed by atoms with van der Waals surface area (Å²) in [5.41, 5.74) is 0. The van der Waals surface area contributed by atoms with Crippen LogP contribution in [0, 0.1) is 0 Å². The summed E-state index contributed by atoms with van der Waals surface area (Å²) in [5.74, 6) is -0.685. The summed E-state index contributed by atoms with van der Waals surface area (Å²) in [4.78, 5) is 11.2. The van der Waals surface area contributed by atoms with Crippen LogP contribution >= 0.6 is 69.6 Å². The van der Waals surface area contributed by atoms with Crippen molar-refractivity contribution in [2.45, 2.75) is 4.33 Å². The number of rotatable bonds is 0. The van der Waals surface area contributed by atoms with Gasteiger partial charge in [-0.05, 0) is 0 Å². The second kappa shape index (κ2) is 3.80. The number of allylic oxidation sites excluding steroid dienone is 4. The van der Waals surface area contributed by atoms with E-state index in [1.165, 1.54) is 0 Å². The van der Waals surface area contributed by atoms with Gasteiger partial charge in [-0.3, -0.25) is 4.79 Å². The second-order valence-electron chi connectivity index (χ2n) is 2.16. The average Bonchev–Trinajstić information content (AvgIpc) is 2.09. The minimum absolute atomic E-state index is 0.239. The van der Waals surface area contributed by atoms with Gasteiger partial charge in [-0.15, -0.1) is 0 Å². The molecule has 0 amide bonds. The lowest BCUT2D eigenvalue weighted by molar-refractivity contribution is -0.111. The first-order valence-electron chi connectivity index (χ1n) is 2.84. The monoisotopic (exact) mass is 298 g/mol. The first-order chi connectivity index (χ1) is 5.80. The molecular weight excluding hydrogens is 301 g/mol. The van der Waals surface area contributed by atoms with E-state index >= 15 is 0 Å². The minimum atomic E-state index is -1.73. The van der Waals surface area contributed by atoms with Crippen molar-refractivity contribution in [2.75, 3.05) is 0 Å². The highest BCUT2D eigenvalue weighted by Gasteiger charge is 2.43. The summed E-state index contributed by atoms with van der Waals surface area (Å²) in [6, 6.07) is 0. The molecule has 13 heavy (non-hydrogen) atoms. The van der Waals surface area contributed by atoms with Gasteiger partial charge in [0.25, 0.3) is 0 Å². The van der Waals surface area contributed by atoms with Gasteiger partial charge < -0.3 is 0 Å². The van der Waals surface area contributed by atoms with Gasteiger partial charge in [0, 0.05) is 0 Å². The highest BCUT2D eigenvalue weighted by Crippen LogP contribution is 2.49. The lowest BCUT2D eigenvalue weighted by Crippen LogP contribution is -2.23. The zero-order valence-corrected chi connectivity index (χ0v) is 10.2. The summed E-state index contributed by atoms with van der Waals surface area (Å²) in [6.07, 6.45) is 0. The molecule has 1 rings (SSSR count). The van der Waals surface area contributed by atoms with Crippen molar-refractivity contribution < 1.29 is 4.79 Å². The molecule has 1 nitrogen and oxygen atoms in total. The zero-order valence-electron chi connectivity index (χ0n) is 5.68. The molecule has 1 aliphatic rings. The third kappa shape index (κ3) is 1.83. The Bertz CT molecular complexity index is 309. The Morgan fingerprint density at radius 1 is 0.846 bits per heavy atom. The summed E-state index contributed by atoms with van der Waals surface area (Å²) >= 11 is 33.6. The van der Waals surface area contributed by atoms with E-state index in [2.05, 4.69) is 0 Å². The van der Waals surface area contributed by atoms with Crippen molar-refractivity contribution >= 4 is 75.4 Å². The van der Waals surface area contributed by atoms with Crippen molar-refractivity contribution in [1.82, 2.24) is 0 Å². The van der Waals surface area contributed by atoms with Crippen LogP contribution in [0.5, 0.6) is 0 Å². The average molecular weight is 301 g/mol. The molecule has 0 N–H and O–H groups in total. The summed E-state index contributed by atoms with van der Waals surface area (Å²) < 4.78 is -1.73. The van der Waals surface area contributed by atoms with Crippen molar-refractivity contribution in [3.63, 3.8) is 0 Å². The second-order valence-corrected chi connectivity index (χ2v) is 5.00. The Labute approximate surface area is 104 Å². The van der Waals surface area contributed by atoms with E-state index < -0.39 is 10.1 Å². The van der Waals surface area contributed by atoms with Crippen molar-refractivity contribution in [3.05, 3.63) is 20.1 Å². The van der Waals surface area contributed by atoms with Gasteiger partial charge in [-0.1, -0.05) is 69.6 Å². The molecule has 0 atom stereocenters. The zero-order chi connectivity index (χ0) is 10.4. The molecule has 0 unspecified atom stereocenters. The van der Waals surface area contributed by atoms with Gasteiger partial charge in [-0.25, -0.2) is 0 Å². The van der Waals surface area contributed by atoms with Crippen LogP contribution in [0.25, 0.3) is 0 Å². The number of carbonyl (C=O) groups is 1. The largest absolute Gasteiger partial charge is 0.287 e. The van der Waals surface area contributed by atoms with E-state index in [4.69, 9.17) is 69.6 Å². The maximum Gasteiger partial charge on any atom is 0.218 e. The third-order valence-corrected chi connectivity index (χ3v) is 4.34. The van der Waals surface area contributed by atoms with Gasteiger partial charge in [0.2, 0.25) is 5.78 Å². The van der Waals surface area contributed by atoms with E-state index in [9.17, 15) is 4.79 Å². The van der Waals surface area contributed by atoms with Gasteiger partial charge in [0.05, 0.1) is 10.1 Å². The number of hydrogen-bond acceptors (Lipinski definition) is 1. The molecule has 0 saturated carbocycles. The number of ketones is 1.